The molecule has 1 amide bonds. The van der Waals surface area contributed by atoms with E-state index in [2.05, 4.69) is 0 Å². The number of aliphatic carboxylic acids is 1. The van der Waals surface area contributed by atoms with Gasteiger partial charge in [-0.2, -0.15) is 0 Å². The summed E-state index contributed by atoms with van der Waals surface area (Å²) in [5.74, 6) is 0.655. The number of aryl methyl sites for hydroxylation is 1. The molecule has 0 spiro atoms. The molecule has 1 aliphatic heterocycles. The van der Waals surface area contributed by atoms with Crippen LogP contribution in [0.25, 0.3) is 0 Å². The summed E-state index contributed by atoms with van der Waals surface area (Å²) in [7, 11) is 0. The zero-order valence-electron chi connectivity index (χ0n) is 21.6. The van der Waals surface area contributed by atoms with Gasteiger partial charge in [-0.3, -0.25) is 4.79 Å². The maximum absolute atomic E-state index is 14.1. The van der Waals surface area contributed by atoms with Crippen molar-refractivity contribution in [3.05, 3.63) is 101 Å². The first-order chi connectivity index (χ1) is 18.5. The van der Waals surface area contributed by atoms with Crippen molar-refractivity contribution in [2.24, 2.45) is 11.8 Å². The molecule has 3 aromatic rings. The third-order valence-corrected chi connectivity index (χ3v) is 8.38. The maximum Gasteiger partial charge on any atom is 0.326 e. The monoisotopic (exact) mass is 511 g/mol. The van der Waals surface area contributed by atoms with Crippen molar-refractivity contribution in [2.45, 2.75) is 64.0 Å². The first kappa shape index (κ1) is 24.7. The number of hydrogen-bond acceptors (Lipinski definition) is 4. The van der Waals surface area contributed by atoms with E-state index in [1.807, 2.05) is 79.7 Å². The standard InChI is InChI=1S/C32H33NO5/c1-20-12-13-24-18-33(27(32(35)36)17-26(24)29(20)37-19-21-8-4-2-5-9-21)31(34)30(22-10-6-3-7-11-22)38-28-15-14-23-16-25(23)28/h2-13,23,25,27-28,30H,14-19H2,1H3,(H,35,36)/t23-,25+,27-,28+,30+/m1/s1. The lowest BCUT2D eigenvalue weighted by atomic mass is 9.90. The van der Waals surface area contributed by atoms with E-state index < -0.39 is 18.1 Å². The van der Waals surface area contributed by atoms with Crippen molar-refractivity contribution in [3.8, 4) is 5.75 Å². The first-order valence-corrected chi connectivity index (χ1v) is 13.5. The summed E-state index contributed by atoms with van der Waals surface area (Å²) in [6.45, 7) is 2.57. The van der Waals surface area contributed by atoms with Gasteiger partial charge in [-0.05, 0) is 60.3 Å². The number of ether oxygens (including phenoxy) is 2. The van der Waals surface area contributed by atoms with E-state index in [0.717, 1.165) is 46.6 Å². The molecule has 196 valence electrons. The quantitative estimate of drug-likeness (QED) is 0.434. The highest BCUT2D eigenvalue weighted by atomic mass is 16.5. The second-order valence-corrected chi connectivity index (χ2v) is 10.9. The Morgan fingerprint density at radius 2 is 1.74 bits per heavy atom. The number of benzene rings is 3. The average molecular weight is 512 g/mol. The van der Waals surface area contributed by atoms with Gasteiger partial charge in [-0.15, -0.1) is 0 Å². The van der Waals surface area contributed by atoms with Gasteiger partial charge in [0.15, 0.2) is 6.10 Å². The largest absolute Gasteiger partial charge is 0.488 e. The summed E-state index contributed by atoms with van der Waals surface area (Å²) in [5.41, 5.74) is 4.55. The minimum Gasteiger partial charge on any atom is -0.488 e. The summed E-state index contributed by atoms with van der Waals surface area (Å²) in [6, 6.07) is 22.4. The number of carboxylic acids is 1. The zero-order chi connectivity index (χ0) is 26.2. The molecular formula is C32H33NO5. The molecule has 3 aliphatic rings. The van der Waals surface area contributed by atoms with Crippen LogP contribution in [0.2, 0.25) is 0 Å². The van der Waals surface area contributed by atoms with Crippen LogP contribution in [0.5, 0.6) is 5.75 Å². The predicted octanol–water partition coefficient (Wildman–Crippen LogP) is 5.47. The van der Waals surface area contributed by atoms with Crippen LogP contribution in [0.1, 0.15) is 53.2 Å². The lowest BCUT2D eigenvalue weighted by Crippen LogP contribution is -2.51. The molecule has 0 bridgehead atoms. The predicted molar refractivity (Wildman–Crippen MR) is 143 cm³/mol. The molecule has 0 saturated heterocycles. The second kappa shape index (κ2) is 10.3. The van der Waals surface area contributed by atoms with Crippen LogP contribution < -0.4 is 4.74 Å². The summed E-state index contributed by atoms with van der Waals surface area (Å²) in [5, 5.41) is 10.3. The van der Waals surface area contributed by atoms with Gasteiger partial charge in [0.25, 0.3) is 5.91 Å². The van der Waals surface area contributed by atoms with Crippen molar-refractivity contribution in [1.82, 2.24) is 4.90 Å². The third kappa shape index (κ3) is 4.81. The highest BCUT2D eigenvalue weighted by Gasteiger charge is 2.50. The Morgan fingerprint density at radius 3 is 2.39 bits per heavy atom. The number of rotatable bonds is 8. The van der Waals surface area contributed by atoms with Crippen molar-refractivity contribution >= 4 is 11.9 Å². The number of carbonyl (C=O) groups is 2. The fourth-order valence-electron chi connectivity index (χ4n) is 6.19. The van der Waals surface area contributed by atoms with Crippen molar-refractivity contribution in [2.75, 3.05) is 0 Å². The van der Waals surface area contributed by atoms with Gasteiger partial charge in [0, 0.05) is 18.5 Å². The molecule has 2 aliphatic carbocycles. The molecule has 6 rings (SSSR count). The van der Waals surface area contributed by atoms with Gasteiger partial charge in [0.1, 0.15) is 18.4 Å². The Bertz CT molecular complexity index is 1320. The highest BCUT2D eigenvalue weighted by Crippen LogP contribution is 2.54. The first-order valence-electron chi connectivity index (χ1n) is 13.5. The van der Waals surface area contributed by atoms with E-state index in [4.69, 9.17) is 9.47 Å². The lowest BCUT2D eigenvalue weighted by molar-refractivity contribution is -0.160. The van der Waals surface area contributed by atoms with Gasteiger partial charge >= 0.3 is 5.97 Å². The number of fused-ring (bicyclic) bond motifs is 2. The minimum absolute atomic E-state index is 0.0511. The molecule has 5 atom stereocenters. The number of amides is 1. The van der Waals surface area contributed by atoms with E-state index in [-0.39, 0.29) is 25.0 Å². The second-order valence-electron chi connectivity index (χ2n) is 10.9. The van der Waals surface area contributed by atoms with Crippen LogP contribution in [0.15, 0.2) is 72.8 Å². The Kier molecular flexibility index (Phi) is 6.66. The zero-order valence-corrected chi connectivity index (χ0v) is 21.6. The number of hydrogen-bond donors (Lipinski definition) is 1. The van der Waals surface area contributed by atoms with Crippen LogP contribution in [-0.2, 0) is 33.9 Å². The smallest absolute Gasteiger partial charge is 0.326 e. The topological polar surface area (TPSA) is 76.1 Å². The molecule has 0 unspecified atom stereocenters. The van der Waals surface area contributed by atoms with E-state index in [1.54, 1.807) is 0 Å². The number of carboxylic acid groups (broad SMARTS) is 1. The molecule has 0 aromatic heterocycles. The number of nitrogens with zero attached hydrogens (tertiary/aromatic N) is 1. The summed E-state index contributed by atoms with van der Waals surface area (Å²) >= 11 is 0. The van der Waals surface area contributed by atoms with E-state index in [9.17, 15) is 14.7 Å². The third-order valence-electron chi connectivity index (χ3n) is 8.38. The lowest BCUT2D eigenvalue weighted by Gasteiger charge is -2.38. The van der Waals surface area contributed by atoms with Crippen LogP contribution in [0.4, 0.5) is 0 Å². The van der Waals surface area contributed by atoms with Crippen LogP contribution in [0, 0.1) is 18.8 Å². The molecule has 3 aromatic carbocycles. The molecule has 2 saturated carbocycles. The maximum atomic E-state index is 14.1. The fraction of sp³-hybridized carbons (Fsp3) is 0.375. The van der Waals surface area contributed by atoms with Gasteiger partial charge in [0.05, 0.1) is 6.10 Å². The van der Waals surface area contributed by atoms with Gasteiger partial charge in [-0.25, -0.2) is 4.79 Å². The van der Waals surface area contributed by atoms with Crippen LogP contribution in [-0.4, -0.2) is 34.0 Å². The molecular weight excluding hydrogens is 478 g/mol. The molecule has 38 heavy (non-hydrogen) atoms. The van der Waals surface area contributed by atoms with Crippen molar-refractivity contribution < 1.29 is 24.2 Å². The van der Waals surface area contributed by atoms with Crippen molar-refractivity contribution in [1.29, 1.82) is 0 Å². The van der Waals surface area contributed by atoms with Gasteiger partial charge < -0.3 is 19.5 Å². The Hall–Kier alpha value is -3.64. The van der Waals surface area contributed by atoms with E-state index in [1.165, 1.54) is 11.3 Å². The molecule has 1 heterocycles. The van der Waals surface area contributed by atoms with E-state index >= 15 is 0 Å². The van der Waals surface area contributed by atoms with Crippen molar-refractivity contribution in [3.63, 3.8) is 0 Å². The Labute approximate surface area is 223 Å². The molecule has 2 fully saturated rings. The molecule has 0 radical (unpaired) electrons. The average Bonchev–Trinajstić information content (AvgIpc) is 3.62. The Morgan fingerprint density at radius 1 is 1.00 bits per heavy atom. The SMILES string of the molecule is Cc1ccc2c(c1OCc1ccccc1)C[C@H](C(=O)O)N(C(=O)[C@@H](O[C@H]1CC[C@@H]3C[C@@H]31)c1ccccc1)C2. The normalized spacial score (nSPS) is 24.3. The van der Waals surface area contributed by atoms with Gasteiger partial charge in [0.2, 0.25) is 0 Å². The molecule has 1 N–H and O–H groups in total. The van der Waals surface area contributed by atoms with Gasteiger partial charge in [-0.1, -0.05) is 72.8 Å². The van der Waals surface area contributed by atoms with Crippen LogP contribution >= 0.6 is 0 Å². The molecule has 6 heteroatoms. The van der Waals surface area contributed by atoms with Crippen LogP contribution in [0.3, 0.4) is 0 Å². The minimum atomic E-state index is -1.02. The fourth-order valence-corrected chi connectivity index (χ4v) is 6.19. The van der Waals surface area contributed by atoms with E-state index in [0.29, 0.717) is 18.3 Å². The summed E-state index contributed by atoms with van der Waals surface area (Å²) in [6.07, 6.45) is 2.69. The summed E-state index contributed by atoms with van der Waals surface area (Å²) in [4.78, 5) is 28.1. The number of carbonyl (C=O) groups excluding carboxylic acids is 1. The Balaban J connectivity index is 1.29. The molecule has 6 nitrogen and oxygen atoms in total. The highest BCUT2D eigenvalue weighted by molar-refractivity contribution is 5.88. The summed E-state index contributed by atoms with van der Waals surface area (Å²) < 4.78 is 12.7.